The highest BCUT2D eigenvalue weighted by atomic mass is 16.5. The zero-order valence-electron chi connectivity index (χ0n) is 14.4. The average Bonchev–Trinajstić information content (AvgIpc) is 2.47. The minimum absolute atomic E-state index is 0.0450. The van der Waals surface area contributed by atoms with E-state index < -0.39 is 5.97 Å². The lowest BCUT2D eigenvalue weighted by Crippen LogP contribution is -2.42. The fourth-order valence-corrected chi connectivity index (χ4v) is 3.32. The van der Waals surface area contributed by atoms with E-state index in [1.807, 2.05) is 13.0 Å². The van der Waals surface area contributed by atoms with Gasteiger partial charge in [0, 0.05) is 18.8 Å². The molecule has 0 aliphatic carbocycles. The third-order valence-electron chi connectivity index (χ3n) is 4.24. The summed E-state index contributed by atoms with van der Waals surface area (Å²) in [7, 11) is 1.35. The number of methoxy groups -OCH3 is 1. The van der Waals surface area contributed by atoms with Gasteiger partial charge in [0.25, 0.3) is 0 Å². The van der Waals surface area contributed by atoms with Crippen LogP contribution in [0.2, 0.25) is 0 Å². The molecule has 1 aliphatic rings. The summed E-state index contributed by atoms with van der Waals surface area (Å²) in [4.78, 5) is 26.1. The van der Waals surface area contributed by atoms with E-state index in [2.05, 4.69) is 24.1 Å². The Morgan fingerprint density at radius 3 is 2.52 bits per heavy atom. The van der Waals surface area contributed by atoms with Crippen LogP contribution in [0.3, 0.4) is 0 Å². The highest BCUT2D eigenvalue weighted by molar-refractivity contribution is 5.96. The van der Waals surface area contributed by atoms with Crippen LogP contribution in [0.1, 0.15) is 36.2 Å². The van der Waals surface area contributed by atoms with Gasteiger partial charge in [-0.15, -0.1) is 0 Å². The number of likely N-dealkylation sites (tertiary alicyclic amines) is 1. The zero-order valence-corrected chi connectivity index (χ0v) is 14.4. The molecule has 1 aliphatic heterocycles. The summed E-state index contributed by atoms with van der Waals surface area (Å²) in [6.45, 7) is 8.66. The van der Waals surface area contributed by atoms with E-state index in [9.17, 15) is 9.59 Å². The maximum atomic E-state index is 12.3. The van der Waals surface area contributed by atoms with Gasteiger partial charge in [-0.05, 0) is 42.9 Å². The van der Waals surface area contributed by atoms with Gasteiger partial charge in [0.2, 0.25) is 5.91 Å². The number of hydrogen-bond donors (Lipinski definition) is 1. The number of nitrogens with zero attached hydrogens (tertiary/aromatic N) is 1. The Labute approximate surface area is 138 Å². The smallest absolute Gasteiger partial charge is 0.337 e. The lowest BCUT2D eigenvalue weighted by atomic mass is 9.92. The predicted octanol–water partition coefficient (Wildman–Crippen LogP) is 2.70. The monoisotopic (exact) mass is 318 g/mol. The van der Waals surface area contributed by atoms with Crippen LogP contribution >= 0.6 is 0 Å². The van der Waals surface area contributed by atoms with E-state index in [0.29, 0.717) is 29.6 Å². The largest absolute Gasteiger partial charge is 0.465 e. The lowest BCUT2D eigenvalue weighted by Gasteiger charge is -2.34. The van der Waals surface area contributed by atoms with Gasteiger partial charge >= 0.3 is 5.97 Å². The number of carbonyl (C=O) groups is 2. The van der Waals surface area contributed by atoms with Crippen molar-refractivity contribution >= 4 is 17.6 Å². The number of benzene rings is 1. The Morgan fingerprint density at radius 2 is 1.91 bits per heavy atom. The minimum atomic E-state index is -0.404. The maximum Gasteiger partial charge on any atom is 0.337 e. The normalized spacial score (nSPS) is 21.7. The molecule has 23 heavy (non-hydrogen) atoms. The van der Waals surface area contributed by atoms with E-state index in [-0.39, 0.29) is 5.91 Å². The first-order valence-corrected chi connectivity index (χ1v) is 8.10. The maximum absolute atomic E-state index is 12.3. The Kier molecular flexibility index (Phi) is 5.77. The van der Waals surface area contributed by atoms with Gasteiger partial charge in [0.15, 0.2) is 0 Å². The van der Waals surface area contributed by atoms with Gasteiger partial charge in [0.1, 0.15) is 0 Å². The van der Waals surface area contributed by atoms with Crippen LogP contribution in [0.25, 0.3) is 0 Å². The molecule has 5 nitrogen and oxygen atoms in total. The van der Waals surface area contributed by atoms with E-state index in [1.165, 1.54) is 13.5 Å². The van der Waals surface area contributed by atoms with E-state index in [0.717, 1.165) is 18.7 Å². The van der Waals surface area contributed by atoms with Crippen LogP contribution in [0.15, 0.2) is 18.2 Å². The summed E-state index contributed by atoms with van der Waals surface area (Å²) in [5.74, 6) is 0.794. The first-order valence-electron chi connectivity index (χ1n) is 8.10. The SMILES string of the molecule is COC(=O)c1ccc(C)c(NC(=O)CN2C[C@H](C)C[C@@H](C)C2)c1. The molecule has 1 N–H and O–H groups in total. The number of ether oxygens (including phenoxy) is 1. The summed E-state index contributed by atoms with van der Waals surface area (Å²) < 4.78 is 4.72. The van der Waals surface area contributed by atoms with Crippen LogP contribution < -0.4 is 5.32 Å². The molecule has 5 heteroatoms. The first-order chi connectivity index (χ1) is 10.9. The average molecular weight is 318 g/mol. The summed E-state index contributed by atoms with van der Waals surface area (Å²) in [6, 6.07) is 5.18. The van der Waals surface area contributed by atoms with Crippen molar-refractivity contribution in [3.05, 3.63) is 29.3 Å². The third-order valence-corrected chi connectivity index (χ3v) is 4.24. The summed E-state index contributed by atoms with van der Waals surface area (Å²) in [6.07, 6.45) is 1.22. The lowest BCUT2D eigenvalue weighted by molar-refractivity contribution is -0.117. The molecule has 126 valence electrons. The van der Waals surface area contributed by atoms with Gasteiger partial charge in [-0.25, -0.2) is 4.79 Å². The van der Waals surface area contributed by atoms with Crippen LogP contribution in [0.4, 0.5) is 5.69 Å². The van der Waals surface area contributed by atoms with E-state index >= 15 is 0 Å². The second-order valence-electron chi connectivity index (χ2n) is 6.71. The molecule has 0 bridgehead atoms. The van der Waals surface area contributed by atoms with Gasteiger partial charge in [-0.3, -0.25) is 9.69 Å². The van der Waals surface area contributed by atoms with Crippen LogP contribution in [0, 0.1) is 18.8 Å². The molecule has 1 aromatic rings. The fourth-order valence-electron chi connectivity index (χ4n) is 3.32. The molecule has 0 aromatic heterocycles. The number of amides is 1. The van der Waals surface area contributed by atoms with Crippen molar-refractivity contribution in [3.8, 4) is 0 Å². The summed E-state index contributed by atoms with van der Waals surface area (Å²) >= 11 is 0. The quantitative estimate of drug-likeness (QED) is 0.867. The first kappa shape index (κ1) is 17.5. The predicted molar refractivity (Wildman–Crippen MR) is 90.5 cm³/mol. The third kappa shape index (κ3) is 4.79. The van der Waals surface area contributed by atoms with Crippen molar-refractivity contribution in [3.63, 3.8) is 0 Å². The highest BCUT2D eigenvalue weighted by Crippen LogP contribution is 2.21. The van der Waals surface area contributed by atoms with Crippen molar-refractivity contribution in [2.75, 3.05) is 32.1 Å². The second-order valence-corrected chi connectivity index (χ2v) is 6.71. The Balaban J connectivity index is 2.01. The molecule has 1 saturated heterocycles. The number of anilines is 1. The molecule has 1 aromatic carbocycles. The van der Waals surface area contributed by atoms with Crippen LogP contribution in [-0.4, -0.2) is 43.5 Å². The topological polar surface area (TPSA) is 58.6 Å². The number of piperidine rings is 1. The molecule has 1 amide bonds. The number of hydrogen-bond acceptors (Lipinski definition) is 4. The van der Waals surface area contributed by atoms with Crippen molar-refractivity contribution in [2.45, 2.75) is 27.2 Å². The van der Waals surface area contributed by atoms with Gasteiger partial charge in [-0.1, -0.05) is 19.9 Å². The van der Waals surface area contributed by atoms with Crippen LogP contribution in [0.5, 0.6) is 0 Å². The summed E-state index contributed by atoms with van der Waals surface area (Å²) in [5.41, 5.74) is 2.02. The minimum Gasteiger partial charge on any atom is -0.465 e. The molecule has 0 saturated carbocycles. The second kappa shape index (κ2) is 7.59. The fraction of sp³-hybridized carbons (Fsp3) is 0.556. The van der Waals surface area contributed by atoms with Gasteiger partial charge in [-0.2, -0.15) is 0 Å². The number of rotatable bonds is 4. The van der Waals surface area contributed by atoms with Crippen molar-refractivity contribution in [1.29, 1.82) is 0 Å². The number of nitrogens with one attached hydrogen (secondary N) is 1. The molecule has 2 atom stereocenters. The van der Waals surface area contributed by atoms with Crippen LogP contribution in [-0.2, 0) is 9.53 Å². The standard InChI is InChI=1S/C18H26N2O3/c1-12-7-13(2)10-20(9-12)11-17(21)19-16-8-15(18(22)23-4)6-5-14(16)3/h5-6,8,12-13H,7,9-11H2,1-4H3,(H,19,21)/t12-,13-/m1/s1. The number of carbonyl (C=O) groups excluding carboxylic acids is 2. The number of aryl methyl sites for hydroxylation is 1. The van der Waals surface area contributed by atoms with E-state index in [4.69, 9.17) is 4.74 Å². The van der Waals surface area contributed by atoms with Crippen molar-refractivity contribution < 1.29 is 14.3 Å². The van der Waals surface area contributed by atoms with Gasteiger partial charge < -0.3 is 10.1 Å². The molecule has 1 heterocycles. The molecule has 2 rings (SSSR count). The Bertz CT molecular complexity index is 576. The highest BCUT2D eigenvalue weighted by Gasteiger charge is 2.23. The molecule has 0 spiro atoms. The molecule has 0 unspecified atom stereocenters. The van der Waals surface area contributed by atoms with E-state index in [1.54, 1.807) is 12.1 Å². The zero-order chi connectivity index (χ0) is 17.0. The summed E-state index contributed by atoms with van der Waals surface area (Å²) in [5, 5.41) is 2.92. The Hall–Kier alpha value is -1.88. The molecule has 1 fully saturated rings. The molecular weight excluding hydrogens is 292 g/mol. The molecule has 0 radical (unpaired) electrons. The van der Waals surface area contributed by atoms with Crippen molar-refractivity contribution in [2.24, 2.45) is 11.8 Å². The van der Waals surface area contributed by atoms with Crippen molar-refractivity contribution in [1.82, 2.24) is 4.90 Å². The van der Waals surface area contributed by atoms with Gasteiger partial charge in [0.05, 0.1) is 19.2 Å². The molecular formula is C18H26N2O3. The number of esters is 1. The Morgan fingerprint density at radius 1 is 1.26 bits per heavy atom.